The predicted octanol–water partition coefficient (Wildman–Crippen LogP) is 4.00. The Balaban J connectivity index is 1.52. The fraction of sp³-hybridized carbons (Fsp3) is 0.500. The number of likely N-dealkylation sites (tertiary alicyclic amines) is 1. The first-order chi connectivity index (χ1) is 18.8. The molecule has 2 bridgehead atoms. The molecule has 3 saturated heterocycles. The highest BCUT2D eigenvalue weighted by molar-refractivity contribution is 9.09. The van der Waals surface area contributed by atoms with Gasteiger partial charge in [0.25, 0.3) is 0 Å². The molecular weight excluding hydrogens is 578 g/mol. The van der Waals surface area contributed by atoms with Crippen LogP contribution in [-0.4, -0.2) is 67.3 Å². The van der Waals surface area contributed by atoms with Gasteiger partial charge in [-0.1, -0.05) is 77.8 Å². The summed E-state index contributed by atoms with van der Waals surface area (Å²) >= 11 is 5.42. The SMILES string of the molecule is CCCC(C)NC(=O)C1N([C@@H](CO)Cc2ccccc2)C(=O)[C@@H]2[C@H](C(=O)Nc3ccccc3)[C@H]3SC12CC3Br. The smallest absolute Gasteiger partial charge is 0.244 e. The average Bonchev–Trinajstić information content (AvgIpc) is 3.52. The molecule has 39 heavy (non-hydrogen) atoms. The fourth-order valence-electron chi connectivity index (χ4n) is 6.77. The molecule has 3 aliphatic rings. The van der Waals surface area contributed by atoms with Gasteiger partial charge in [0, 0.05) is 21.8 Å². The second-order valence-electron chi connectivity index (χ2n) is 11.0. The first kappa shape index (κ1) is 28.2. The van der Waals surface area contributed by atoms with E-state index in [-0.39, 0.29) is 40.4 Å². The van der Waals surface area contributed by atoms with Crippen LogP contribution in [-0.2, 0) is 20.8 Å². The van der Waals surface area contributed by atoms with Crippen LogP contribution in [0.25, 0.3) is 0 Å². The molecule has 3 amide bonds. The molecule has 3 heterocycles. The highest BCUT2D eigenvalue weighted by atomic mass is 79.9. The van der Waals surface area contributed by atoms with Crippen LogP contribution in [0.5, 0.6) is 0 Å². The van der Waals surface area contributed by atoms with Crippen LogP contribution >= 0.6 is 27.7 Å². The van der Waals surface area contributed by atoms with Gasteiger partial charge in [0.15, 0.2) is 0 Å². The largest absolute Gasteiger partial charge is 0.394 e. The number of hydrogen-bond donors (Lipinski definition) is 3. The van der Waals surface area contributed by atoms with Gasteiger partial charge in [-0.05, 0) is 43.9 Å². The maximum atomic E-state index is 14.4. The molecule has 4 unspecified atom stereocenters. The molecule has 8 atom stereocenters. The van der Waals surface area contributed by atoms with Crippen LogP contribution < -0.4 is 10.6 Å². The zero-order valence-corrected chi connectivity index (χ0v) is 24.7. The van der Waals surface area contributed by atoms with Gasteiger partial charge in [0.05, 0.1) is 29.2 Å². The number of rotatable bonds is 10. The Hall–Kier alpha value is -2.36. The number of benzene rings is 2. The van der Waals surface area contributed by atoms with Gasteiger partial charge in [-0.15, -0.1) is 11.8 Å². The summed E-state index contributed by atoms with van der Waals surface area (Å²) in [5, 5.41) is 16.6. The first-order valence-electron chi connectivity index (χ1n) is 13.8. The number of thioether (sulfide) groups is 1. The van der Waals surface area contributed by atoms with Crippen LogP contribution in [0.1, 0.15) is 38.7 Å². The number of nitrogens with zero attached hydrogens (tertiary/aromatic N) is 1. The van der Waals surface area contributed by atoms with Crippen molar-refractivity contribution in [1.82, 2.24) is 10.2 Å². The minimum Gasteiger partial charge on any atom is -0.394 e. The normalized spacial score (nSPS) is 30.6. The summed E-state index contributed by atoms with van der Waals surface area (Å²) in [6, 6.07) is 17.6. The summed E-state index contributed by atoms with van der Waals surface area (Å²) in [6.07, 6.45) is 2.79. The minimum atomic E-state index is -0.778. The third kappa shape index (κ3) is 5.13. The Bertz CT molecular complexity index is 1200. The van der Waals surface area contributed by atoms with Gasteiger partial charge in [-0.2, -0.15) is 0 Å². The number of aliphatic hydroxyl groups is 1. The van der Waals surface area contributed by atoms with Crippen molar-refractivity contribution < 1.29 is 19.5 Å². The molecule has 1 spiro atoms. The number of nitrogens with one attached hydrogen (secondary N) is 2. The molecule has 208 valence electrons. The Labute approximate surface area is 242 Å². The molecule has 2 aromatic carbocycles. The standard InChI is InChI=1S/C30H36BrN3O4S/c1-3-10-18(2)32-28(37)26-30-16-22(31)25(39-30)23(27(36)33-20-13-8-5-9-14-20)24(30)29(38)34(26)21(17-35)15-19-11-6-4-7-12-19/h4-9,11-14,18,21-26,35H,3,10,15-17H2,1-2H3,(H,32,37)(H,33,36)/t18?,21-,22?,23+,24+,25+,26?,30?/m1/s1. The summed E-state index contributed by atoms with van der Waals surface area (Å²) in [7, 11) is 0. The molecule has 7 nitrogen and oxygen atoms in total. The van der Waals surface area contributed by atoms with Crippen LogP contribution in [0, 0.1) is 11.8 Å². The van der Waals surface area contributed by atoms with Crippen molar-refractivity contribution in [3.05, 3.63) is 66.2 Å². The molecule has 0 aromatic heterocycles. The monoisotopic (exact) mass is 613 g/mol. The van der Waals surface area contributed by atoms with Gasteiger partial charge in [-0.25, -0.2) is 0 Å². The number of alkyl halides is 1. The molecule has 3 N–H and O–H groups in total. The molecule has 3 aliphatic heterocycles. The van der Waals surface area contributed by atoms with Crippen molar-refractivity contribution in [2.45, 2.75) is 72.5 Å². The Morgan fingerprint density at radius 3 is 2.44 bits per heavy atom. The van der Waals surface area contributed by atoms with E-state index in [1.165, 1.54) is 0 Å². The second-order valence-corrected chi connectivity index (χ2v) is 13.7. The van der Waals surface area contributed by atoms with Crippen LogP contribution in [0.3, 0.4) is 0 Å². The minimum absolute atomic E-state index is 0.0110. The molecule has 2 aromatic rings. The van der Waals surface area contributed by atoms with Crippen molar-refractivity contribution in [3.8, 4) is 0 Å². The van der Waals surface area contributed by atoms with Gasteiger partial charge in [-0.3, -0.25) is 14.4 Å². The molecule has 0 saturated carbocycles. The lowest BCUT2D eigenvalue weighted by Gasteiger charge is -2.38. The number of carbonyl (C=O) groups is 3. The number of fused-ring (bicyclic) bond motifs is 1. The van der Waals surface area contributed by atoms with Gasteiger partial charge < -0.3 is 20.6 Å². The maximum absolute atomic E-state index is 14.4. The highest BCUT2D eigenvalue weighted by Gasteiger charge is 2.76. The lowest BCUT2D eigenvalue weighted by molar-refractivity contribution is -0.142. The second kappa shape index (κ2) is 11.6. The topological polar surface area (TPSA) is 98.7 Å². The zero-order chi connectivity index (χ0) is 27.7. The molecule has 9 heteroatoms. The van der Waals surface area contributed by atoms with E-state index in [2.05, 4.69) is 33.5 Å². The third-order valence-electron chi connectivity index (χ3n) is 8.35. The number of aliphatic hydroxyl groups excluding tert-OH is 1. The van der Waals surface area contributed by atoms with Crippen molar-refractivity contribution in [2.24, 2.45) is 11.8 Å². The number of anilines is 1. The van der Waals surface area contributed by atoms with Crippen molar-refractivity contribution in [2.75, 3.05) is 11.9 Å². The van der Waals surface area contributed by atoms with E-state index >= 15 is 0 Å². The summed E-state index contributed by atoms with van der Waals surface area (Å²) in [6.45, 7) is 3.78. The van der Waals surface area contributed by atoms with Gasteiger partial charge in [0.1, 0.15) is 6.04 Å². The molecule has 0 radical (unpaired) electrons. The number of para-hydroxylation sites is 1. The Morgan fingerprint density at radius 2 is 1.79 bits per heavy atom. The van der Waals surface area contributed by atoms with Gasteiger partial charge in [0.2, 0.25) is 17.7 Å². The summed E-state index contributed by atoms with van der Waals surface area (Å²) < 4.78 is -0.755. The average molecular weight is 615 g/mol. The van der Waals surface area contributed by atoms with E-state index in [4.69, 9.17) is 0 Å². The van der Waals surface area contributed by atoms with E-state index in [0.717, 1.165) is 18.4 Å². The molecular formula is C30H36BrN3O4S. The van der Waals surface area contributed by atoms with Crippen molar-refractivity contribution in [3.63, 3.8) is 0 Å². The Morgan fingerprint density at radius 1 is 1.13 bits per heavy atom. The van der Waals surface area contributed by atoms with E-state index in [9.17, 15) is 19.5 Å². The number of hydrogen-bond acceptors (Lipinski definition) is 5. The lowest BCUT2D eigenvalue weighted by Crippen LogP contribution is -2.58. The number of amides is 3. The van der Waals surface area contributed by atoms with E-state index in [0.29, 0.717) is 18.5 Å². The van der Waals surface area contributed by atoms with E-state index in [1.807, 2.05) is 67.6 Å². The van der Waals surface area contributed by atoms with E-state index in [1.54, 1.807) is 16.7 Å². The molecule has 0 aliphatic carbocycles. The summed E-state index contributed by atoms with van der Waals surface area (Å²) in [4.78, 5) is 43.8. The lowest BCUT2D eigenvalue weighted by atomic mass is 9.70. The number of carbonyl (C=O) groups excluding carboxylic acids is 3. The fourth-order valence-corrected chi connectivity index (χ4v) is 10.4. The van der Waals surface area contributed by atoms with Crippen LogP contribution in [0.15, 0.2) is 60.7 Å². The third-order valence-corrected chi connectivity index (χ3v) is 11.6. The Kier molecular flexibility index (Phi) is 8.40. The van der Waals surface area contributed by atoms with Gasteiger partial charge >= 0.3 is 0 Å². The maximum Gasteiger partial charge on any atom is 0.244 e. The first-order valence-corrected chi connectivity index (χ1v) is 15.5. The van der Waals surface area contributed by atoms with E-state index < -0.39 is 28.7 Å². The van der Waals surface area contributed by atoms with Crippen molar-refractivity contribution >= 4 is 51.1 Å². The molecule has 5 rings (SSSR count). The summed E-state index contributed by atoms with van der Waals surface area (Å²) in [5.41, 5.74) is 1.66. The zero-order valence-electron chi connectivity index (χ0n) is 22.3. The predicted molar refractivity (Wildman–Crippen MR) is 158 cm³/mol. The van der Waals surface area contributed by atoms with Crippen LogP contribution in [0.4, 0.5) is 5.69 Å². The quantitative estimate of drug-likeness (QED) is 0.352. The molecule has 3 fully saturated rings. The number of halogens is 1. The summed E-state index contributed by atoms with van der Waals surface area (Å²) in [5.74, 6) is -1.85. The van der Waals surface area contributed by atoms with Crippen LogP contribution in [0.2, 0.25) is 0 Å². The highest BCUT2D eigenvalue weighted by Crippen LogP contribution is 2.68. The van der Waals surface area contributed by atoms with Crippen molar-refractivity contribution in [1.29, 1.82) is 0 Å².